The van der Waals surface area contributed by atoms with Crippen molar-refractivity contribution in [1.82, 2.24) is 0 Å². The molecule has 0 saturated heterocycles. The first kappa shape index (κ1) is 6.59. The number of aryl methyl sites for hydroxylation is 1. The standard InChI is InChI=1S/C10H11N/c1-8-3-2-4-9-7-11-6-5-10(8)9/h2-4,7H,5-6H2,1H3. The van der Waals surface area contributed by atoms with Crippen molar-refractivity contribution in [3.8, 4) is 0 Å². The lowest BCUT2D eigenvalue weighted by Gasteiger charge is -2.11. The molecule has 0 spiro atoms. The SMILES string of the molecule is Cc1cccc2c1CCN=C2. The van der Waals surface area contributed by atoms with Crippen molar-refractivity contribution in [3.63, 3.8) is 0 Å². The first-order chi connectivity index (χ1) is 5.38. The zero-order valence-electron chi connectivity index (χ0n) is 6.67. The molecule has 0 amide bonds. The zero-order valence-corrected chi connectivity index (χ0v) is 6.67. The second kappa shape index (κ2) is 2.50. The molecule has 1 heterocycles. The maximum absolute atomic E-state index is 4.23. The normalized spacial score (nSPS) is 14.6. The molecule has 0 aliphatic carbocycles. The fraction of sp³-hybridized carbons (Fsp3) is 0.300. The molecule has 56 valence electrons. The van der Waals surface area contributed by atoms with Crippen molar-refractivity contribution in [2.45, 2.75) is 13.3 Å². The number of rotatable bonds is 0. The highest BCUT2D eigenvalue weighted by molar-refractivity contribution is 5.83. The zero-order chi connectivity index (χ0) is 7.68. The predicted molar refractivity (Wildman–Crippen MR) is 47.3 cm³/mol. The largest absolute Gasteiger partial charge is 0.292 e. The quantitative estimate of drug-likeness (QED) is 0.529. The third-order valence-electron chi connectivity index (χ3n) is 2.17. The fourth-order valence-corrected chi connectivity index (χ4v) is 1.53. The van der Waals surface area contributed by atoms with E-state index < -0.39 is 0 Å². The Labute approximate surface area is 66.8 Å². The van der Waals surface area contributed by atoms with Crippen LogP contribution in [-0.4, -0.2) is 12.8 Å². The molecule has 0 N–H and O–H groups in total. The van der Waals surface area contributed by atoms with Gasteiger partial charge in [0.15, 0.2) is 0 Å². The van der Waals surface area contributed by atoms with Crippen LogP contribution in [0.3, 0.4) is 0 Å². The molecule has 1 heteroatoms. The first-order valence-corrected chi connectivity index (χ1v) is 3.96. The van der Waals surface area contributed by atoms with Crippen molar-refractivity contribution in [3.05, 3.63) is 34.9 Å². The monoisotopic (exact) mass is 145 g/mol. The molecule has 1 aliphatic rings. The third kappa shape index (κ3) is 1.07. The van der Waals surface area contributed by atoms with Crippen molar-refractivity contribution in [2.75, 3.05) is 6.54 Å². The average molecular weight is 145 g/mol. The van der Waals surface area contributed by atoms with E-state index in [0.717, 1.165) is 13.0 Å². The molecule has 1 aromatic rings. The second-order valence-corrected chi connectivity index (χ2v) is 2.93. The van der Waals surface area contributed by atoms with E-state index in [-0.39, 0.29) is 0 Å². The summed E-state index contributed by atoms with van der Waals surface area (Å²) in [7, 11) is 0. The van der Waals surface area contributed by atoms with E-state index in [9.17, 15) is 0 Å². The molecule has 0 saturated carbocycles. The summed E-state index contributed by atoms with van der Waals surface area (Å²) in [5.74, 6) is 0. The molecule has 0 unspecified atom stereocenters. The van der Waals surface area contributed by atoms with E-state index in [1.807, 2.05) is 6.21 Å². The van der Waals surface area contributed by atoms with Crippen LogP contribution in [-0.2, 0) is 6.42 Å². The Morgan fingerprint density at radius 1 is 1.36 bits per heavy atom. The van der Waals surface area contributed by atoms with Gasteiger partial charge in [-0.05, 0) is 30.0 Å². The Hall–Kier alpha value is -1.11. The van der Waals surface area contributed by atoms with Crippen molar-refractivity contribution in [2.24, 2.45) is 4.99 Å². The van der Waals surface area contributed by atoms with E-state index in [1.165, 1.54) is 16.7 Å². The van der Waals surface area contributed by atoms with E-state index in [1.54, 1.807) is 0 Å². The summed E-state index contributed by atoms with van der Waals surface area (Å²) in [6.07, 6.45) is 3.09. The van der Waals surface area contributed by atoms with Crippen LogP contribution in [0.4, 0.5) is 0 Å². The molecule has 2 rings (SSSR count). The molecule has 1 aromatic carbocycles. The minimum Gasteiger partial charge on any atom is -0.292 e. The van der Waals surface area contributed by atoms with Gasteiger partial charge in [-0.25, -0.2) is 0 Å². The number of hydrogen-bond donors (Lipinski definition) is 0. The van der Waals surface area contributed by atoms with Crippen LogP contribution >= 0.6 is 0 Å². The number of hydrogen-bond acceptors (Lipinski definition) is 1. The second-order valence-electron chi connectivity index (χ2n) is 2.93. The van der Waals surface area contributed by atoms with Crippen molar-refractivity contribution < 1.29 is 0 Å². The Balaban J connectivity index is 2.60. The van der Waals surface area contributed by atoms with E-state index in [4.69, 9.17) is 0 Å². The van der Waals surface area contributed by atoms with Gasteiger partial charge in [-0.3, -0.25) is 4.99 Å². The smallest absolute Gasteiger partial charge is 0.0430 e. The number of benzene rings is 1. The Bertz CT molecular complexity index is 300. The van der Waals surface area contributed by atoms with Crippen LogP contribution in [0.25, 0.3) is 0 Å². The highest BCUT2D eigenvalue weighted by Gasteiger charge is 2.05. The van der Waals surface area contributed by atoms with Gasteiger partial charge in [0, 0.05) is 12.8 Å². The van der Waals surface area contributed by atoms with Gasteiger partial charge >= 0.3 is 0 Å². The summed E-state index contributed by atoms with van der Waals surface area (Å²) in [4.78, 5) is 4.23. The van der Waals surface area contributed by atoms with Crippen molar-refractivity contribution in [1.29, 1.82) is 0 Å². The van der Waals surface area contributed by atoms with Crippen LogP contribution in [0.1, 0.15) is 16.7 Å². The Morgan fingerprint density at radius 3 is 3.09 bits per heavy atom. The molecule has 0 aromatic heterocycles. The summed E-state index contributed by atoms with van der Waals surface area (Å²) >= 11 is 0. The van der Waals surface area contributed by atoms with Gasteiger partial charge < -0.3 is 0 Å². The van der Waals surface area contributed by atoms with Gasteiger partial charge in [0.05, 0.1) is 0 Å². The van der Waals surface area contributed by atoms with Gasteiger partial charge in [0.1, 0.15) is 0 Å². The summed E-state index contributed by atoms with van der Waals surface area (Å²) in [6.45, 7) is 3.12. The lowest BCUT2D eigenvalue weighted by Crippen LogP contribution is -2.04. The van der Waals surface area contributed by atoms with Gasteiger partial charge in [-0.15, -0.1) is 0 Å². The van der Waals surface area contributed by atoms with Crippen molar-refractivity contribution >= 4 is 6.21 Å². The van der Waals surface area contributed by atoms with Crippen LogP contribution in [0.5, 0.6) is 0 Å². The number of fused-ring (bicyclic) bond motifs is 1. The minimum atomic E-state index is 0.956. The maximum Gasteiger partial charge on any atom is 0.0430 e. The number of aliphatic imine (C=N–C) groups is 1. The Morgan fingerprint density at radius 2 is 2.27 bits per heavy atom. The first-order valence-electron chi connectivity index (χ1n) is 3.96. The summed E-state index contributed by atoms with van der Waals surface area (Å²) in [5, 5.41) is 0. The van der Waals surface area contributed by atoms with E-state index in [0.29, 0.717) is 0 Å². The molecule has 11 heavy (non-hydrogen) atoms. The average Bonchev–Trinajstić information content (AvgIpc) is 2.06. The summed E-state index contributed by atoms with van der Waals surface area (Å²) in [5.41, 5.74) is 4.17. The fourth-order valence-electron chi connectivity index (χ4n) is 1.53. The molecular formula is C10H11N. The predicted octanol–water partition coefficient (Wildman–Crippen LogP) is 1.97. The highest BCUT2D eigenvalue weighted by Crippen LogP contribution is 2.15. The number of nitrogens with zero attached hydrogens (tertiary/aromatic N) is 1. The summed E-state index contributed by atoms with van der Waals surface area (Å²) in [6, 6.07) is 6.38. The van der Waals surface area contributed by atoms with Crippen LogP contribution in [0.2, 0.25) is 0 Å². The molecule has 1 nitrogen and oxygen atoms in total. The molecule has 0 fully saturated rings. The topological polar surface area (TPSA) is 12.4 Å². The minimum absolute atomic E-state index is 0.956. The highest BCUT2D eigenvalue weighted by atomic mass is 14.7. The Kier molecular flexibility index (Phi) is 1.50. The summed E-state index contributed by atoms with van der Waals surface area (Å²) < 4.78 is 0. The molecule has 0 atom stereocenters. The van der Waals surface area contributed by atoms with Gasteiger partial charge in [-0.1, -0.05) is 18.2 Å². The van der Waals surface area contributed by atoms with Crippen LogP contribution in [0.15, 0.2) is 23.2 Å². The lowest BCUT2D eigenvalue weighted by molar-refractivity contribution is 0.941. The molecule has 0 radical (unpaired) electrons. The maximum atomic E-state index is 4.23. The van der Waals surface area contributed by atoms with Crippen LogP contribution in [0, 0.1) is 6.92 Å². The van der Waals surface area contributed by atoms with Gasteiger partial charge in [-0.2, -0.15) is 0 Å². The van der Waals surface area contributed by atoms with Gasteiger partial charge in [0.2, 0.25) is 0 Å². The lowest BCUT2D eigenvalue weighted by atomic mass is 9.98. The molecule has 0 bridgehead atoms. The van der Waals surface area contributed by atoms with Gasteiger partial charge in [0.25, 0.3) is 0 Å². The third-order valence-corrected chi connectivity index (χ3v) is 2.17. The molecule has 1 aliphatic heterocycles. The van der Waals surface area contributed by atoms with E-state index >= 15 is 0 Å². The van der Waals surface area contributed by atoms with Crippen LogP contribution < -0.4 is 0 Å². The van der Waals surface area contributed by atoms with E-state index in [2.05, 4.69) is 30.1 Å². The molecular weight excluding hydrogens is 134 g/mol.